The van der Waals surface area contributed by atoms with Crippen molar-refractivity contribution in [2.45, 2.75) is 51.8 Å². The fourth-order valence-corrected chi connectivity index (χ4v) is 3.39. The molecular weight excluding hydrogens is 452 g/mol. The maximum absolute atomic E-state index is 14.2. The number of pyridine rings is 1. The molecule has 2 aromatic rings. The lowest BCUT2D eigenvalue weighted by molar-refractivity contribution is -0.141. The number of primary sulfonamides is 1. The Balaban J connectivity index is 2.04. The Bertz CT molecular complexity index is 1070. The topological polar surface area (TPSA) is 99.3 Å². The number of hydrogen-bond donors (Lipinski definition) is 1. The minimum atomic E-state index is -4.62. The van der Waals surface area contributed by atoms with E-state index in [0.29, 0.717) is 11.1 Å². The monoisotopic (exact) mass is 476 g/mol. The fraction of sp³-hybridized carbons (Fsp3) is 0.429. The molecule has 2 N–H and O–H groups in total. The first-order valence-electron chi connectivity index (χ1n) is 9.78. The van der Waals surface area contributed by atoms with E-state index in [-0.39, 0.29) is 42.9 Å². The van der Waals surface area contributed by atoms with Gasteiger partial charge in [0.1, 0.15) is 17.3 Å². The molecule has 6 nitrogen and oxygen atoms in total. The summed E-state index contributed by atoms with van der Waals surface area (Å²) in [5.74, 6) is -1.46. The summed E-state index contributed by atoms with van der Waals surface area (Å²) in [7, 11) is -3.72. The van der Waals surface area contributed by atoms with Crippen LogP contribution < -0.4 is 9.88 Å². The summed E-state index contributed by atoms with van der Waals surface area (Å²) >= 11 is 0. The molecule has 176 valence electrons. The van der Waals surface area contributed by atoms with Gasteiger partial charge >= 0.3 is 6.18 Å². The minimum absolute atomic E-state index is 0.00368. The molecule has 0 radical (unpaired) electrons. The van der Waals surface area contributed by atoms with E-state index in [9.17, 15) is 30.8 Å². The van der Waals surface area contributed by atoms with Gasteiger partial charge in [-0.05, 0) is 49.9 Å². The predicted molar refractivity (Wildman–Crippen MR) is 110 cm³/mol. The van der Waals surface area contributed by atoms with E-state index in [0.717, 1.165) is 12.1 Å². The number of Topliss-reactive ketones (excluding diaryl/α,β-unsaturated/α-hetero) is 1. The molecule has 0 aliphatic heterocycles. The number of halogens is 4. The standard InChI is InChI=1S/C21H24F4N2O4S/c1-13(2)31-20-16(6-8-19(27-20)21(23,24)25)5-7-17(28)11-14-3-4-15(18(22)12-14)9-10-32(26,29)30/h3-4,6,8,12-13H,5,7,9-11H2,1-2H3,(H2,26,29,30). The number of nitrogens with two attached hydrogens (primary N) is 1. The first-order chi connectivity index (χ1) is 14.7. The molecule has 1 heterocycles. The van der Waals surface area contributed by atoms with Crippen LogP contribution in [-0.2, 0) is 40.3 Å². The van der Waals surface area contributed by atoms with Gasteiger partial charge in [-0.15, -0.1) is 0 Å². The van der Waals surface area contributed by atoms with Gasteiger partial charge in [0.15, 0.2) is 0 Å². The number of carbonyl (C=O) groups excluding carboxylic acids is 1. The van der Waals surface area contributed by atoms with Crippen LogP contribution in [0.25, 0.3) is 0 Å². The van der Waals surface area contributed by atoms with E-state index in [4.69, 9.17) is 9.88 Å². The lowest BCUT2D eigenvalue weighted by atomic mass is 10.0. The Labute approximate surface area is 183 Å². The van der Waals surface area contributed by atoms with Crippen molar-refractivity contribution in [1.82, 2.24) is 4.98 Å². The molecule has 1 aromatic heterocycles. The second-order valence-corrected chi connectivity index (χ2v) is 9.32. The lowest BCUT2D eigenvalue weighted by Gasteiger charge is -2.15. The van der Waals surface area contributed by atoms with Crippen molar-refractivity contribution >= 4 is 15.8 Å². The number of alkyl halides is 3. The number of benzene rings is 1. The van der Waals surface area contributed by atoms with Gasteiger partial charge in [0.05, 0.1) is 11.9 Å². The summed E-state index contributed by atoms with van der Waals surface area (Å²) in [6, 6.07) is 6.15. The van der Waals surface area contributed by atoms with E-state index < -0.39 is 39.6 Å². The molecule has 0 fully saturated rings. The Hall–Kier alpha value is -2.53. The van der Waals surface area contributed by atoms with Crippen molar-refractivity contribution in [2.75, 3.05) is 5.75 Å². The highest BCUT2D eigenvalue weighted by Gasteiger charge is 2.33. The molecule has 0 spiro atoms. The maximum Gasteiger partial charge on any atom is 0.433 e. The molecule has 0 saturated carbocycles. The van der Waals surface area contributed by atoms with E-state index in [1.807, 2.05) is 0 Å². The number of aromatic nitrogens is 1. The number of carbonyl (C=O) groups is 1. The quantitative estimate of drug-likeness (QED) is 0.529. The predicted octanol–water partition coefficient (Wildman–Crippen LogP) is 3.60. The van der Waals surface area contributed by atoms with Gasteiger partial charge in [0.2, 0.25) is 15.9 Å². The highest BCUT2D eigenvalue weighted by Crippen LogP contribution is 2.31. The fourth-order valence-electron chi connectivity index (χ4n) is 2.89. The number of ether oxygens (including phenoxy) is 1. The van der Waals surface area contributed by atoms with Crippen LogP contribution in [0, 0.1) is 5.82 Å². The third-order valence-corrected chi connectivity index (χ3v) is 5.20. The van der Waals surface area contributed by atoms with Crippen LogP contribution in [0.3, 0.4) is 0 Å². The Morgan fingerprint density at radius 1 is 1.12 bits per heavy atom. The zero-order valence-electron chi connectivity index (χ0n) is 17.6. The van der Waals surface area contributed by atoms with Crippen molar-refractivity contribution in [1.29, 1.82) is 0 Å². The summed E-state index contributed by atoms with van der Waals surface area (Å²) in [5.41, 5.74) is -0.150. The average molecular weight is 476 g/mol. The molecular formula is C21H24F4N2O4S. The molecule has 32 heavy (non-hydrogen) atoms. The van der Waals surface area contributed by atoms with Gasteiger partial charge in [0, 0.05) is 18.4 Å². The number of sulfonamides is 1. The smallest absolute Gasteiger partial charge is 0.433 e. The van der Waals surface area contributed by atoms with E-state index in [1.54, 1.807) is 13.8 Å². The Morgan fingerprint density at radius 2 is 1.78 bits per heavy atom. The SMILES string of the molecule is CC(C)Oc1nc(C(F)(F)F)ccc1CCC(=O)Cc1ccc(CCS(N)(=O)=O)c(F)c1. The summed E-state index contributed by atoms with van der Waals surface area (Å²) in [5, 5.41) is 4.91. The lowest BCUT2D eigenvalue weighted by Crippen LogP contribution is -2.18. The van der Waals surface area contributed by atoms with Crippen LogP contribution in [0.2, 0.25) is 0 Å². The van der Waals surface area contributed by atoms with Crippen LogP contribution in [0.5, 0.6) is 5.88 Å². The summed E-state index contributed by atoms with van der Waals surface area (Å²) in [4.78, 5) is 15.9. The van der Waals surface area contributed by atoms with E-state index in [1.165, 1.54) is 18.2 Å². The molecule has 0 aliphatic carbocycles. The molecule has 0 bridgehead atoms. The number of nitrogens with zero attached hydrogens (tertiary/aromatic N) is 1. The van der Waals surface area contributed by atoms with Crippen LogP contribution in [0.1, 0.15) is 42.7 Å². The number of aryl methyl sites for hydroxylation is 2. The van der Waals surface area contributed by atoms with Gasteiger partial charge in [-0.25, -0.2) is 22.9 Å². The van der Waals surface area contributed by atoms with Crippen LogP contribution in [-0.4, -0.2) is 31.0 Å². The third kappa shape index (κ3) is 8.19. The van der Waals surface area contributed by atoms with Gasteiger partial charge in [-0.3, -0.25) is 4.79 Å². The van der Waals surface area contributed by atoms with Crippen molar-refractivity contribution in [2.24, 2.45) is 5.14 Å². The first kappa shape index (κ1) is 25.7. The summed E-state index contributed by atoms with van der Waals surface area (Å²) < 4.78 is 80.3. The number of hydrogen-bond acceptors (Lipinski definition) is 5. The number of rotatable bonds is 10. The van der Waals surface area contributed by atoms with E-state index >= 15 is 0 Å². The van der Waals surface area contributed by atoms with Gasteiger partial charge in [-0.2, -0.15) is 13.2 Å². The molecule has 0 unspecified atom stereocenters. The molecule has 0 saturated heterocycles. The minimum Gasteiger partial charge on any atom is -0.475 e. The number of ketones is 1. The highest BCUT2D eigenvalue weighted by atomic mass is 32.2. The zero-order valence-corrected chi connectivity index (χ0v) is 18.4. The van der Waals surface area contributed by atoms with E-state index in [2.05, 4.69) is 4.98 Å². The first-order valence-corrected chi connectivity index (χ1v) is 11.5. The third-order valence-electron chi connectivity index (χ3n) is 4.42. The average Bonchev–Trinajstić information content (AvgIpc) is 2.64. The van der Waals surface area contributed by atoms with Crippen molar-refractivity contribution in [3.8, 4) is 5.88 Å². The van der Waals surface area contributed by atoms with Crippen molar-refractivity contribution in [3.05, 3.63) is 58.5 Å². The molecule has 0 amide bonds. The van der Waals surface area contributed by atoms with Crippen molar-refractivity contribution in [3.63, 3.8) is 0 Å². The second-order valence-electron chi connectivity index (χ2n) is 7.58. The normalized spacial score (nSPS) is 12.2. The van der Waals surface area contributed by atoms with Crippen LogP contribution in [0.15, 0.2) is 30.3 Å². The second kappa shape index (κ2) is 10.4. The van der Waals surface area contributed by atoms with Crippen LogP contribution >= 0.6 is 0 Å². The molecule has 0 atom stereocenters. The van der Waals surface area contributed by atoms with Gasteiger partial charge in [-0.1, -0.05) is 18.2 Å². The Kier molecular flexibility index (Phi) is 8.35. The van der Waals surface area contributed by atoms with Gasteiger partial charge < -0.3 is 4.74 Å². The maximum atomic E-state index is 14.2. The highest BCUT2D eigenvalue weighted by molar-refractivity contribution is 7.89. The molecule has 11 heteroatoms. The summed E-state index contributed by atoms with van der Waals surface area (Å²) in [6.45, 7) is 3.30. The Morgan fingerprint density at radius 3 is 2.34 bits per heavy atom. The van der Waals surface area contributed by atoms with Gasteiger partial charge in [0.25, 0.3) is 0 Å². The zero-order chi connectivity index (χ0) is 24.1. The van der Waals surface area contributed by atoms with Crippen molar-refractivity contribution < 1.29 is 35.5 Å². The summed E-state index contributed by atoms with van der Waals surface area (Å²) in [6.07, 6.45) is -5.08. The molecule has 2 rings (SSSR count). The molecule has 0 aliphatic rings. The largest absolute Gasteiger partial charge is 0.475 e. The van der Waals surface area contributed by atoms with Crippen LogP contribution in [0.4, 0.5) is 17.6 Å². The molecule has 1 aromatic carbocycles.